The van der Waals surface area contributed by atoms with Crippen molar-refractivity contribution >= 4 is 159 Å². The number of hydrogen-bond acceptors (Lipinski definition) is 23. The van der Waals surface area contributed by atoms with Gasteiger partial charge in [-0.1, -0.05) is 85.8 Å². The van der Waals surface area contributed by atoms with Gasteiger partial charge in [0.2, 0.25) is 23.8 Å². The predicted molar refractivity (Wildman–Crippen MR) is 425 cm³/mol. The molecule has 23 nitrogen and oxygen atoms in total. The number of nitrogens with two attached hydrogens (primary N) is 1. The van der Waals surface area contributed by atoms with E-state index in [0.29, 0.717) is 84.5 Å². The first kappa shape index (κ1) is 78.8. The van der Waals surface area contributed by atoms with Gasteiger partial charge in [0.1, 0.15) is 53.7 Å². The fourth-order valence-corrected chi connectivity index (χ4v) is 16.5. The summed E-state index contributed by atoms with van der Waals surface area (Å²) in [4.78, 5) is 49.0. The molecule has 0 radical (unpaired) electrons. The van der Waals surface area contributed by atoms with E-state index in [1.807, 2.05) is 72.6 Å². The molecule has 0 bridgehead atoms. The van der Waals surface area contributed by atoms with Crippen LogP contribution in [0.15, 0.2) is 127 Å². The van der Waals surface area contributed by atoms with E-state index in [2.05, 4.69) is 105 Å². The number of nitrogens with zero attached hydrogens (tertiary/aromatic N) is 10. The van der Waals surface area contributed by atoms with Gasteiger partial charge in [-0.25, -0.2) is 15.0 Å². The Labute approximate surface area is 619 Å². The van der Waals surface area contributed by atoms with Gasteiger partial charge < -0.3 is 74.9 Å². The summed E-state index contributed by atoms with van der Waals surface area (Å²) in [5, 5.41) is 20.0. The summed E-state index contributed by atoms with van der Waals surface area (Å²) in [7, 11) is 1.54. The molecule has 2 saturated heterocycles. The van der Waals surface area contributed by atoms with Crippen molar-refractivity contribution in [2.75, 3.05) is 151 Å². The van der Waals surface area contributed by atoms with E-state index in [9.17, 15) is 18.5 Å². The topological polar surface area (TPSA) is 272 Å². The number of likely N-dealkylation sites (N-methyl/N-ethyl adjacent to an activating group) is 1. The van der Waals surface area contributed by atoms with Crippen molar-refractivity contribution < 1.29 is 32.7 Å². The molecule has 2 unspecified atom stereocenters. The highest BCUT2D eigenvalue weighted by molar-refractivity contribution is 8.00. The van der Waals surface area contributed by atoms with Crippen LogP contribution >= 0.6 is 68.0 Å². The molecule has 546 valence electrons. The third-order valence-corrected chi connectivity index (χ3v) is 24.2. The summed E-state index contributed by atoms with van der Waals surface area (Å²) in [6.45, 7) is 21.4. The lowest BCUT2D eigenvalue weighted by atomic mass is 9.84. The number of amides is 1. The van der Waals surface area contributed by atoms with Crippen molar-refractivity contribution in [2.45, 2.75) is 74.6 Å². The average molecular weight is 1530 g/mol. The van der Waals surface area contributed by atoms with Crippen LogP contribution in [0.1, 0.15) is 52.4 Å². The molecule has 0 spiro atoms. The molecule has 1 amide bonds. The van der Waals surface area contributed by atoms with Crippen LogP contribution in [0.2, 0.25) is 15.1 Å². The molecular formula is C72H94Cl3N16O7P3S. The molecule has 8 aromatic rings. The van der Waals surface area contributed by atoms with E-state index in [4.69, 9.17) is 59.7 Å². The van der Waals surface area contributed by atoms with Crippen molar-refractivity contribution in [1.29, 1.82) is 0 Å². The number of benzene rings is 5. The number of para-hydroxylation sites is 2. The second kappa shape index (κ2) is 35.4. The van der Waals surface area contributed by atoms with Crippen LogP contribution in [0.5, 0.6) is 17.2 Å². The van der Waals surface area contributed by atoms with Crippen molar-refractivity contribution in [3.8, 4) is 17.2 Å². The number of rotatable bonds is 23. The molecule has 2 atom stereocenters. The quantitative estimate of drug-likeness (QED) is 0.0256. The molecule has 1 aliphatic carbocycles. The highest BCUT2D eigenvalue weighted by Gasteiger charge is 2.32. The molecule has 102 heavy (non-hydrogen) atoms. The second-order valence-electron chi connectivity index (χ2n) is 26.7. The fourth-order valence-electron chi connectivity index (χ4n) is 12.1. The third-order valence-electron chi connectivity index (χ3n) is 17.7. The van der Waals surface area contributed by atoms with Gasteiger partial charge in [0.25, 0.3) is 0 Å². The van der Waals surface area contributed by atoms with Crippen LogP contribution < -0.4 is 72.2 Å². The Morgan fingerprint density at radius 2 is 1.09 bits per heavy atom. The van der Waals surface area contributed by atoms with Crippen molar-refractivity contribution in [3.05, 3.63) is 137 Å². The third kappa shape index (κ3) is 21.2. The summed E-state index contributed by atoms with van der Waals surface area (Å²) in [5.41, 5.74) is 10.5. The zero-order chi connectivity index (χ0) is 73.6. The van der Waals surface area contributed by atoms with E-state index < -0.39 is 21.4 Å². The molecule has 3 fully saturated rings. The fraction of sp³-hybridized carbons (Fsp3) is 0.403. The highest BCUT2D eigenvalue weighted by Crippen LogP contribution is 2.44. The predicted octanol–water partition coefficient (Wildman–Crippen LogP) is 15.1. The average Bonchev–Trinajstić information content (AvgIpc) is 0.799. The van der Waals surface area contributed by atoms with E-state index in [1.54, 1.807) is 110 Å². The van der Waals surface area contributed by atoms with E-state index in [0.717, 1.165) is 101 Å². The molecule has 1 saturated carbocycles. The molecule has 3 aliphatic rings. The van der Waals surface area contributed by atoms with Crippen molar-refractivity contribution in [2.24, 2.45) is 11.7 Å². The summed E-state index contributed by atoms with van der Waals surface area (Å²) in [6, 6.07) is 33.2. The summed E-state index contributed by atoms with van der Waals surface area (Å²) in [6.07, 6.45) is 10.5. The summed E-state index contributed by atoms with van der Waals surface area (Å²) in [5.74, 6) is 3.77. The minimum Gasteiger partial charge on any atom is -0.495 e. The summed E-state index contributed by atoms with van der Waals surface area (Å²) >= 11 is 21.0. The lowest BCUT2D eigenvalue weighted by Crippen LogP contribution is -2.52. The number of primary amides is 1. The zero-order valence-electron chi connectivity index (χ0n) is 60.1. The van der Waals surface area contributed by atoms with Crippen LogP contribution in [0.25, 0.3) is 0 Å². The van der Waals surface area contributed by atoms with Gasteiger partial charge in [-0.3, -0.25) is 9.69 Å². The number of piperidine rings is 1. The molecule has 30 heteroatoms. The zero-order valence-corrected chi connectivity index (χ0v) is 65.9. The number of nitrogens with one attached hydrogen (secondary N) is 5. The highest BCUT2D eigenvalue weighted by atomic mass is 35.5. The maximum Gasteiger partial charge on any atom is 0.229 e. The molecule has 11 rings (SSSR count). The van der Waals surface area contributed by atoms with Crippen molar-refractivity contribution in [1.82, 2.24) is 39.7 Å². The molecular weight excluding hydrogens is 1430 g/mol. The number of thioether (sulfide) groups is 1. The number of aromatic nitrogens is 6. The van der Waals surface area contributed by atoms with Gasteiger partial charge in [0, 0.05) is 96.2 Å². The van der Waals surface area contributed by atoms with Gasteiger partial charge in [0.15, 0.2) is 17.5 Å². The Bertz CT molecular complexity index is 4360. The second-order valence-corrected chi connectivity index (χ2v) is 39.1. The Balaban J connectivity index is 0.000000181. The van der Waals surface area contributed by atoms with E-state index in [1.165, 1.54) is 32.1 Å². The smallest absolute Gasteiger partial charge is 0.229 e. The Kier molecular flexibility index (Phi) is 27.3. The first-order valence-corrected chi connectivity index (χ1v) is 43.5. The number of anilines is 12. The number of ether oxygens (including phenoxy) is 3. The molecule has 3 aromatic heterocycles. The van der Waals surface area contributed by atoms with Crippen LogP contribution in [0.3, 0.4) is 0 Å². The molecule has 2 aliphatic heterocycles. The minimum atomic E-state index is -2.52. The SMILES string of the molecule is COc1cc(N2CCC(N3CCN(C)CC3)CC2)ccc1Nc1ncc(Cl)c(N(C)c2ccccc2P(C)(C)=O)n1.COc1cc(P(C)(C)=O)ccc1Nc1ncc(Cl)c(NC2CCCCC2C(N)=O)n1.COc1cc(P(C)(C)=O)ccc1Nc1ncc(Cl)c(Nc2ccccc2SC(C)C)n1. The lowest BCUT2D eigenvalue weighted by Gasteiger charge is -2.42. The normalized spacial score (nSPS) is 16.1. The Morgan fingerprint density at radius 3 is 1.64 bits per heavy atom. The maximum atomic E-state index is 13.0. The molecule has 5 aromatic carbocycles. The van der Waals surface area contributed by atoms with Crippen LogP contribution in [-0.2, 0) is 18.5 Å². The van der Waals surface area contributed by atoms with Crippen LogP contribution in [0, 0.1) is 5.92 Å². The number of piperazine rings is 1. The van der Waals surface area contributed by atoms with Crippen molar-refractivity contribution in [3.63, 3.8) is 0 Å². The number of carbonyl (C=O) groups is 1. The number of hydrogen-bond donors (Lipinski definition) is 6. The monoisotopic (exact) mass is 1520 g/mol. The van der Waals surface area contributed by atoms with Gasteiger partial charge in [-0.05, 0) is 146 Å². The Morgan fingerprint density at radius 1 is 0.588 bits per heavy atom. The first-order valence-electron chi connectivity index (χ1n) is 33.7. The van der Waals surface area contributed by atoms with Gasteiger partial charge in [-0.2, -0.15) is 15.0 Å². The van der Waals surface area contributed by atoms with E-state index >= 15 is 0 Å². The van der Waals surface area contributed by atoms with Crippen LogP contribution in [0.4, 0.5) is 69.4 Å². The standard InChI is InChI=1S/C30H41ClN7O2P.C22H26ClN4O2PS.C20H27ClN5O3P/c1-35-16-18-38(19-17-35)22-12-14-37(15-13-22)23-10-11-25(27(20-23)40-3)33-30-32-21-24(31)29(34-30)36(2)26-8-6-7-9-28(26)41(4,5)39;1-14(2)31-20-9-7-6-8-18(20)25-21-16(23)13-24-22(27-21)26-17-11-10-15(30(4,5)28)12-19(17)29-3;1-29-17-10-12(30(2,3)28)8-9-16(17)25-20-23-11-14(21)19(26-20)24-15-7-5-4-6-13(15)18(22)27/h6-11,20-22H,12-19H2,1-5H3,(H,32,33,34);6-14H,1-5H3,(H2,24,25,26,27);8-11,13,15H,4-7H2,1-3H3,(H2,22,27)(H2,23,24,25,26). The molecule has 7 N–H and O–H groups in total. The maximum absolute atomic E-state index is 13.0. The minimum absolute atomic E-state index is 0.117. The first-order chi connectivity index (χ1) is 48.5. The van der Waals surface area contributed by atoms with Gasteiger partial charge in [-0.15, -0.1) is 11.8 Å². The molecule has 5 heterocycles. The number of methoxy groups -OCH3 is 3. The lowest BCUT2D eigenvalue weighted by molar-refractivity contribution is -0.122. The van der Waals surface area contributed by atoms with Gasteiger partial charge in [0.05, 0.1) is 74.3 Å². The largest absolute Gasteiger partial charge is 0.495 e. The summed E-state index contributed by atoms with van der Waals surface area (Å²) < 4.78 is 54.4. The number of carbonyl (C=O) groups excluding carboxylic acids is 1. The van der Waals surface area contributed by atoms with Gasteiger partial charge >= 0.3 is 0 Å². The Hall–Kier alpha value is -7.36. The van der Waals surface area contributed by atoms with Crippen LogP contribution in [-0.4, -0.2) is 178 Å². The number of halogens is 3. The van der Waals surface area contributed by atoms with E-state index in [-0.39, 0.29) is 17.9 Å².